The average Bonchev–Trinajstić information content (AvgIpc) is 3.11. The molecule has 0 unspecified atom stereocenters. The van der Waals surface area contributed by atoms with Crippen molar-refractivity contribution >= 4 is 41.0 Å². The number of halogens is 5. The Bertz CT molecular complexity index is 1990. The molecule has 4 aromatic rings. The molecule has 4 heterocycles. The fourth-order valence-corrected chi connectivity index (χ4v) is 7.87. The lowest BCUT2D eigenvalue weighted by atomic mass is 9.80. The molecule has 3 saturated heterocycles. The van der Waals surface area contributed by atoms with Gasteiger partial charge in [0.2, 0.25) is 0 Å². The van der Waals surface area contributed by atoms with Crippen LogP contribution in [0.1, 0.15) is 65.2 Å². The number of fused-ring (bicyclic) bond motifs is 3. The monoisotopic (exact) mass is 787 g/mol. The normalized spacial score (nSPS) is 18.4. The number of para-hydroxylation sites is 1. The fraction of sp³-hybridized carbons (Fsp3) is 0.359. The highest BCUT2D eigenvalue weighted by Crippen LogP contribution is 2.42. The minimum Gasteiger partial charge on any atom is -0.619 e. The van der Waals surface area contributed by atoms with Gasteiger partial charge in [-0.1, -0.05) is 53.5 Å². The maximum Gasteiger partial charge on any atom is 0.415 e. The molecule has 3 fully saturated rings. The Labute approximate surface area is 320 Å². The molecular formula is C39H38Cl2F3N3O7. The van der Waals surface area contributed by atoms with Crippen molar-refractivity contribution in [3.63, 3.8) is 0 Å². The molecule has 1 aromatic heterocycles. The molecule has 0 saturated carbocycles. The molecule has 54 heavy (non-hydrogen) atoms. The van der Waals surface area contributed by atoms with Gasteiger partial charge in [0.15, 0.2) is 23.9 Å². The van der Waals surface area contributed by atoms with Crippen LogP contribution in [0.4, 0.5) is 23.7 Å². The number of aromatic carboxylic acids is 1. The summed E-state index contributed by atoms with van der Waals surface area (Å²) in [5.74, 6) is -3.13. The summed E-state index contributed by atoms with van der Waals surface area (Å²) in [5, 5.41) is 22.8. The first-order chi connectivity index (χ1) is 25.8. The van der Waals surface area contributed by atoms with Crippen molar-refractivity contribution in [1.82, 2.24) is 4.90 Å². The van der Waals surface area contributed by atoms with Gasteiger partial charge in [0.25, 0.3) is 0 Å². The molecule has 1 N–H and O–H groups in total. The molecule has 7 rings (SSSR count). The molecule has 0 radical (unpaired) electrons. The minimum absolute atomic E-state index is 0.0118. The number of amides is 1. The molecule has 3 aliphatic heterocycles. The van der Waals surface area contributed by atoms with Gasteiger partial charge in [0.1, 0.15) is 22.0 Å². The molecule has 1 amide bonds. The zero-order valence-electron chi connectivity index (χ0n) is 29.4. The van der Waals surface area contributed by atoms with Crippen LogP contribution in [0.2, 0.25) is 10.0 Å². The van der Waals surface area contributed by atoms with Crippen molar-refractivity contribution in [3.05, 3.63) is 122 Å². The summed E-state index contributed by atoms with van der Waals surface area (Å²) in [6.45, 7) is 2.28. The molecule has 15 heteroatoms. The lowest BCUT2D eigenvalue weighted by molar-refractivity contribution is -0.605. The van der Waals surface area contributed by atoms with E-state index in [0.717, 1.165) is 43.2 Å². The summed E-state index contributed by atoms with van der Waals surface area (Å²) in [6.07, 6.45) is 2.14. The van der Waals surface area contributed by atoms with E-state index >= 15 is 4.39 Å². The number of ether oxygens (including phenoxy) is 3. The summed E-state index contributed by atoms with van der Waals surface area (Å²) in [7, 11) is 0. The number of alkyl halides is 2. The molecule has 10 nitrogen and oxygen atoms in total. The number of pyridine rings is 1. The number of piperidine rings is 3. The van der Waals surface area contributed by atoms with Crippen LogP contribution < -0.4 is 19.1 Å². The van der Waals surface area contributed by atoms with Gasteiger partial charge in [-0.3, -0.25) is 9.80 Å². The van der Waals surface area contributed by atoms with Gasteiger partial charge in [-0.15, -0.1) is 0 Å². The topological polar surface area (TPSA) is 115 Å². The fourth-order valence-electron chi connectivity index (χ4n) is 7.27. The van der Waals surface area contributed by atoms with Crippen LogP contribution in [0, 0.1) is 16.9 Å². The van der Waals surface area contributed by atoms with Gasteiger partial charge in [-0.05, 0) is 99.1 Å². The van der Waals surface area contributed by atoms with Crippen molar-refractivity contribution in [2.24, 2.45) is 5.92 Å². The van der Waals surface area contributed by atoms with Crippen LogP contribution in [-0.4, -0.2) is 60.5 Å². The molecular weight excluding hydrogens is 750 g/mol. The third-order valence-electron chi connectivity index (χ3n) is 9.73. The first kappa shape index (κ1) is 39.0. The summed E-state index contributed by atoms with van der Waals surface area (Å²) < 4.78 is 59.5. The van der Waals surface area contributed by atoms with E-state index in [1.165, 1.54) is 48.5 Å². The number of carboxylic acid groups (broad SMARTS) is 1. The zero-order valence-corrected chi connectivity index (χ0v) is 30.9. The van der Waals surface area contributed by atoms with Gasteiger partial charge in [0.05, 0.1) is 23.9 Å². The van der Waals surface area contributed by atoms with Crippen molar-refractivity contribution < 1.29 is 46.8 Å². The van der Waals surface area contributed by atoms with Gasteiger partial charge in [-0.25, -0.2) is 14.0 Å². The Balaban J connectivity index is 1.51. The highest BCUT2D eigenvalue weighted by molar-refractivity contribution is 6.35. The lowest BCUT2D eigenvalue weighted by Crippen LogP contribution is -2.53. The van der Waals surface area contributed by atoms with E-state index in [1.54, 1.807) is 26.0 Å². The predicted octanol–water partition coefficient (Wildman–Crippen LogP) is 8.46. The summed E-state index contributed by atoms with van der Waals surface area (Å²) in [5.41, 5.74) is 0.899. The van der Waals surface area contributed by atoms with Crippen LogP contribution in [0.5, 0.6) is 11.5 Å². The van der Waals surface area contributed by atoms with Gasteiger partial charge in [0, 0.05) is 18.0 Å². The van der Waals surface area contributed by atoms with Crippen LogP contribution >= 0.6 is 23.2 Å². The summed E-state index contributed by atoms with van der Waals surface area (Å²) in [6, 6.07) is 14.4. The number of aromatic nitrogens is 1. The van der Waals surface area contributed by atoms with Crippen LogP contribution in [0.15, 0.2) is 73.1 Å². The zero-order chi connectivity index (χ0) is 38.7. The second-order valence-electron chi connectivity index (χ2n) is 13.6. The van der Waals surface area contributed by atoms with Crippen LogP contribution in [0.25, 0.3) is 0 Å². The van der Waals surface area contributed by atoms with Gasteiger partial charge in [-0.2, -0.15) is 13.5 Å². The third kappa shape index (κ3) is 8.80. The van der Waals surface area contributed by atoms with Crippen molar-refractivity contribution in [2.75, 3.05) is 24.5 Å². The molecule has 0 aliphatic carbocycles. The van der Waals surface area contributed by atoms with E-state index < -0.39 is 42.6 Å². The van der Waals surface area contributed by atoms with Crippen LogP contribution in [-0.2, 0) is 17.7 Å². The molecule has 2 bridgehead atoms. The Hall–Kier alpha value is -4.72. The standard InChI is InChI=1S/C39H38Cl2F3N3O7/c1-22(2)52-34-16-24(10-11-33(34)53-38(43)44)27(17-28-29(40)19-46(51)20-30(28)41)36-25(6-5-7-26(36)37(48)49)18-47(32-9-4-3-8-31(32)42)39(50)54-35-21-45-14-12-23(35)13-15-45/h3-11,16,19-20,22-23,27,35,38H,12-15,17-18,21H2,1-2H3,(H,48,49)/t27-,35-/m0/s1. The maximum absolute atomic E-state index is 15.6. The highest BCUT2D eigenvalue weighted by Gasteiger charge is 2.38. The number of hydrogen-bond donors (Lipinski definition) is 1. The number of carbonyl (C=O) groups is 2. The van der Waals surface area contributed by atoms with E-state index in [2.05, 4.69) is 4.90 Å². The Morgan fingerprint density at radius 1 is 1.00 bits per heavy atom. The van der Waals surface area contributed by atoms with Gasteiger partial charge < -0.3 is 24.5 Å². The second kappa shape index (κ2) is 16.7. The van der Waals surface area contributed by atoms with Crippen molar-refractivity contribution in [1.29, 1.82) is 0 Å². The number of carbonyl (C=O) groups excluding carboxylic acids is 1. The molecule has 0 spiro atoms. The predicted molar refractivity (Wildman–Crippen MR) is 195 cm³/mol. The molecule has 2 atom stereocenters. The quantitative estimate of drug-likeness (QED) is 0.106. The number of hydrogen-bond acceptors (Lipinski definition) is 7. The third-order valence-corrected chi connectivity index (χ3v) is 10.4. The summed E-state index contributed by atoms with van der Waals surface area (Å²) >= 11 is 13.1. The van der Waals surface area contributed by atoms with E-state index in [0.29, 0.717) is 22.4 Å². The van der Waals surface area contributed by atoms with E-state index in [1.807, 2.05) is 0 Å². The second-order valence-corrected chi connectivity index (χ2v) is 14.4. The van der Waals surface area contributed by atoms with Crippen LogP contribution in [0.3, 0.4) is 0 Å². The first-order valence-electron chi connectivity index (χ1n) is 17.4. The smallest absolute Gasteiger partial charge is 0.415 e. The van der Waals surface area contributed by atoms with Gasteiger partial charge >= 0.3 is 18.7 Å². The molecule has 286 valence electrons. The Kier molecular flexibility index (Phi) is 12.1. The lowest BCUT2D eigenvalue weighted by Gasteiger charge is -2.44. The van der Waals surface area contributed by atoms with E-state index in [9.17, 15) is 28.7 Å². The SMILES string of the molecule is CC(C)Oc1cc([C@H](Cc2c(Cl)c[n+]([O-])cc2Cl)c2c(CN(C(=O)O[C@H]3CN4CCC3CC4)c3ccccc3F)cccc2C(=O)O)ccc1OC(F)F. The van der Waals surface area contributed by atoms with E-state index in [4.69, 9.17) is 37.4 Å². The van der Waals surface area contributed by atoms with Crippen molar-refractivity contribution in [2.45, 2.75) is 64.4 Å². The number of nitrogens with zero attached hydrogens (tertiary/aromatic N) is 3. The highest BCUT2D eigenvalue weighted by atomic mass is 35.5. The number of benzene rings is 3. The Morgan fingerprint density at radius 2 is 1.70 bits per heavy atom. The maximum atomic E-state index is 15.6. The minimum atomic E-state index is -3.16. The average molecular weight is 789 g/mol. The largest absolute Gasteiger partial charge is 0.619 e. The summed E-state index contributed by atoms with van der Waals surface area (Å²) in [4.78, 5) is 30.5. The van der Waals surface area contributed by atoms with Crippen molar-refractivity contribution in [3.8, 4) is 11.5 Å². The number of carboxylic acids is 1. The molecule has 3 aromatic carbocycles. The number of anilines is 1. The number of rotatable bonds is 13. The van der Waals surface area contributed by atoms with E-state index in [-0.39, 0.29) is 62.8 Å². The first-order valence-corrected chi connectivity index (χ1v) is 18.2. The molecule has 3 aliphatic rings. The Morgan fingerprint density at radius 3 is 2.31 bits per heavy atom.